The number of nitrogens with zero attached hydrogens (tertiary/aromatic N) is 1. The summed E-state index contributed by atoms with van der Waals surface area (Å²) in [6.45, 7) is 7.57. The second-order valence-corrected chi connectivity index (χ2v) is 14.2. The molecule has 192 valence electrons. The Bertz CT molecular complexity index is 1170. The number of nitrogens with one attached hydrogen (secondary N) is 2. The summed E-state index contributed by atoms with van der Waals surface area (Å²) < 4.78 is 53.8. The number of hydrogen-bond acceptors (Lipinski definition) is 9. The topological polar surface area (TPSA) is 182 Å². The van der Waals surface area contributed by atoms with Gasteiger partial charge in [-0.15, -0.1) is 11.3 Å². The fourth-order valence-corrected chi connectivity index (χ4v) is 7.78. The molecule has 0 fully saturated rings. The normalized spacial score (nSPS) is 19.6. The van der Waals surface area contributed by atoms with Crippen molar-refractivity contribution in [3.63, 3.8) is 0 Å². The van der Waals surface area contributed by atoms with Crippen LogP contribution < -0.4 is 15.8 Å². The summed E-state index contributed by atoms with van der Waals surface area (Å²) in [7, 11) is -7.91. The molecule has 2 heterocycles. The van der Waals surface area contributed by atoms with E-state index < -0.39 is 67.8 Å². The lowest BCUT2D eigenvalue weighted by atomic mass is 10.0. The van der Waals surface area contributed by atoms with Gasteiger partial charge in [-0.1, -0.05) is 0 Å². The van der Waals surface area contributed by atoms with Crippen LogP contribution in [0.3, 0.4) is 0 Å². The van der Waals surface area contributed by atoms with Gasteiger partial charge in [-0.3, -0.25) is 9.59 Å². The third-order valence-corrected chi connectivity index (χ3v) is 10.3. The summed E-state index contributed by atoms with van der Waals surface area (Å²) in [5.41, 5.74) is -0.535. The molecule has 0 aliphatic carbocycles. The number of ether oxygens (including phenoxy) is 1. The van der Waals surface area contributed by atoms with Crippen molar-refractivity contribution in [1.82, 2.24) is 15.5 Å². The molecule has 2 unspecified atom stereocenters. The maximum atomic E-state index is 12.9. The summed E-state index contributed by atoms with van der Waals surface area (Å²) in [6.07, 6.45) is -0.721. The average molecular weight is 539 g/mol. The number of thiophene rings is 1. The van der Waals surface area contributed by atoms with Crippen molar-refractivity contribution in [2.45, 2.75) is 66.4 Å². The van der Waals surface area contributed by atoms with Gasteiger partial charge in [0.25, 0.3) is 0 Å². The maximum absolute atomic E-state index is 12.9. The molecule has 1 aliphatic heterocycles. The largest absolute Gasteiger partial charge is 0.444 e. The highest BCUT2D eigenvalue weighted by Crippen LogP contribution is 2.44. The van der Waals surface area contributed by atoms with Gasteiger partial charge >= 0.3 is 6.09 Å². The van der Waals surface area contributed by atoms with Gasteiger partial charge < -0.3 is 20.3 Å². The van der Waals surface area contributed by atoms with Crippen molar-refractivity contribution >= 4 is 49.1 Å². The molecule has 3 amide bonds. The van der Waals surface area contributed by atoms with E-state index in [9.17, 15) is 31.2 Å². The molecule has 2 atom stereocenters. The van der Waals surface area contributed by atoms with E-state index in [-0.39, 0.29) is 26.9 Å². The molecule has 1 aromatic rings. The SMILES string of the molecule is CCN(C(=O)CNC(=O)CNC(=O)OC(C)(C)C)C1CC(C)S(=O)(=O)c2sc(S(N)(=O)=O)cc21. The molecule has 0 radical (unpaired) electrons. The van der Waals surface area contributed by atoms with Crippen LogP contribution in [0.15, 0.2) is 14.5 Å². The van der Waals surface area contributed by atoms with E-state index in [1.807, 2.05) is 0 Å². The quantitative estimate of drug-likeness (QED) is 0.448. The highest BCUT2D eigenvalue weighted by atomic mass is 32.3. The Morgan fingerprint density at radius 2 is 1.85 bits per heavy atom. The van der Waals surface area contributed by atoms with E-state index >= 15 is 0 Å². The van der Waals surface area contributed by atoms with Crippen LogP contribution in [0.25, 0.3) is 0 Å². The van der Waals surface area contributed by atoms with Crippen LogP contribution in [0, 0.1) is 0 Å². The first-order valence-electron chi connectivity index (χ1n) is 10.4. The maximum Gasteiger partial charge on any atom is 0.408 e. The highest BCUT2D eigenvalue weighted by Gasteiger charge is 2.42. The van der Waals surface area contributed by atoms with Crippen LogP contribution in [-0.2, 0) is 34.2 Å². The monoisotopic (exact) mass is 538 g/mol. The molecule has 15 heteroatoms. The molecule has 0 bridgehead atoms. The van der Waals surface area contributed by atoms with Gasteiger partial charge in [0.05, 0.1) is 17.8 Å². The van der Waals surface area contributed by atoms with Crippen molar-refractivity contribution in [3.05, 3.63) is 11.6 Å². The Morgan fingerprint density at radius 1 is 1.24 bits per heavy atom. The molecule has 4 N–H and O–H groups in total. The Balaban J connectivity index is 2.14. The van der Waals surface area contributed by atoms with E-state index in [1.165, 1.54) is 17.9 Å². The fraction of sp³-hybridized carbons (Fsp3) is 0.632. The van der Waals surface area contributed by atoms with Crippen LogP contribution >= 0.6 is 11.3 Å². The average Bonchev–Trinajstić information content (AvgIpc) is 3.15. The first kappa shape index (κ1) is 28.0. The number of hydrogen-bond donors (Lipinski definition) is 3. The third kappa shape index (κ3) is 6.67. The van der Waals surface area contributed by atoms with Gasteiger partial charge in [-0.2, -0.15) is 0 Å². The number of likely N-dealkylation sites (N-methyl/N-ethyl adjacent to an activating group) is 1. The van der Waals surface area contributed by atoms with Gasteiger partial charge in [-0.25, -0.2) is 26.8 Å². The number of amides is 3. The highest BCUT2D eigenvalue weighted by molar-refractivity contribution is 7.95. The molecule has 1 aromatic heterocycles. The third-order valence-electron chi connectivity index (χ3n) is 4.95. The molecular formula is C19H30N4O8S3. The van der Waals surface area contributed by atoms with Crippen LogP contribution in [0.2, 0.25) is 0 Å². The van der Waals surface area contributed by atoms with Crippen LogP contribution in [-0.4, -0.2) is 70.1 Å². The van der Waals surface area contributed by atoms with Crippen LogP contribution in [0.5, 0.6) is 0 Å². The van der Waals surface area contributed by atoms with Crippen molar-refractivity contribution in [2.75, 3.05) is 19.6 Å². The number of sulfonamides is 1. The van der Waals surface area contributed by atoms with Gasteiger partial charge in [0.1, 0.15) is 20.6 Å². The zero-order valence-corrected chi connectivity index (χ0v) is 22.0. The molecule has 0 saturated heterocycles. The molecule has 0 aromatic carbocycles. The lowest BCUT2D eigenvalue weighted by Crippen LogP contribution is -2.46. The minimum Gasteiger partial charge on any atom is -0.444 e. The number of sulfone groups is 1. The summed E-state index contributed by atoms with van der Waals surface area (Å²) in [5.74, 6) is -1.12. The number of rotatable bonds is 7. The molecule has 34 heavy (non-hydrogen) atoms. The van der Waals surface area contributed by atoms with E-state index in [0.717, 1.165) is 0 Å². The summed E-state index contributed by atoms with van der Waals surface area (Å²) in [6, 6.07) is 0.484. The van der Waals surface area contributed by atoms with Crippen molar-refractivity contribution in [3.8, 4) is 0 Å². The lowest BCUT2D eigenvalue weighted by molar-refractivity contribution is -0.134. The smallest absolute Gasteiger partial charge is 0.408 e. The van der Waals surface area contributed by atoms with Crippen molar-refractivity contribution in [2.24, 2.45) is 5.14 Å². The van der Waals surface area contributed by atoms with Gasteiger partial charge in [-0.05, 0) is 47.1 Å². The fourth-order valence-electron chi connectivity index (χ4n) is 3.38. The lowest BCUT2D eigenvalue weighted by Gasteiger charge is -2.36. The van der Waals surface area contributed by atoms with Crippen molar-refractivity contribution < 1.29 is 36.0 Å². The predicted molar refractivity (Wildman–Crippen MR) is 124 cm³/mol. The zero-order valence-electron chi connectivity index (χ0n) is 19.6. The standard InChI is InChI=1S/C19H30N4O8S3/c1-6-23(15(25)10-21-14(24)9-22-18(26)31-19(3,4)5)13-7-11(2)33(27,28)17-12(13)8-16(32-17)34(20,29)30/h8,11,13H,6-7,9-10H2,1-5H3,(H,21,24)(H,22,26)(H2,20,29,30). The number of alkyl carbamates (subject to hydrolysis) is 1. The zero-order chi connectivity index (χ0) is 26.1. The molecule has 12 nitrogen and oxygen atoms in total. The number of nitrogens with two attached hydrogens (primary N) is 1. The number of primary sulfonamides is 1. The van der Waals surface area contributed by atoms with E-state index in [2.05, 4.69) is 10.6 Å². The van der Waals surface area contributed by atoms with Gasteiger partial charge in [0.15, 0.2) is 9.84 Å². The summed E-state index contributed by atoms with van der Waals surface area (Å²) in [4.78, 5) is 38.0. The number of carbonyl (C=O) groups is 3. The Hall–Kier alpha value is -2.23. The van der Waals surface area contributed by atoms with Crippen LogP contribution in [0.4, 0.5) is 4.79 Å². The minimum atomic E-state index is -4.14. The number of fused-ring (bicyclic) bond motifs is 1. The Labute approximate surface area is 203 Å². The van der Waals surface area contributed by atoms with E-state index in [0.29, 0.717) is 11.3 Å². The number of carbonyl (C=O) groups excluding carboxylic acids is 3. The minimum absolute atomic E-state index is 0.0594. The summed E-state index contributed by atoms with van der Waals surface area (Å²) >= 11 is 0.567. The molecular weight excluding hydrogens is 508 g/mol. The van der Waals surface area contributed by atoms with Crippen molar-refractivity contribution in [1.29, 1.82) is 0 Å². The molecule has 0 saturated carbocycles. The van der Waals surface area contributed by atoms with Crippen LogP contribution in [0.1, 0.15) is 52.6 Å². The molecule has 2 rings (SSSR count). The first-order valence-corrected chi connectivity index (χ1v) is 14.3. The summed E-state index contributed by atoms with van der Waals surface area (Å²) in [5, 5.41) is 9.02. The Morgan fingerprint density at radius 3 is 2.38 bits per heavy atom. The van der Waals surface area contributed by atoms with Gasteiger partial charge in [0.2, 0.25) is 21.8 Å². The van der Waals surface area contributed by atoms with E-state index in [4.69, 9.17) is 9.88 Å². The molecule has 0 spiro atoms. The predicted octanol–water partition coefficient (Wildman–Crippen LogP) is 0.492. The Kier molecular flexibility index (Phi) is 8.38. The second kappa shape index (κ2) is 10.2. The first-order chi connectivity index (χ1) is 15.5. The van der Waals surface area contributed by atoms with Gasteiger partial charge in [0, 0.05) is 12.1 Å². The van der Waals surface area contributed by atoms with E-state index in [1.54, 1.807) is 27.7 Å². The second-order valence-electron chi connectivity index (χ2n) is 8.77. The molecule has 1 aliphatic rings.